The van der Waals surface area contributed by atoms with E-state index in [2.05, 4.69) is 21.2 Å². The topological polar surface area (TPSA) is 85.8 Å². The molecule has 1 aliphatic heterocycles. The van der Waals surface area contributed by atoms with E-state index >= 15 is 0 Å². The van der Waals surface area contributed by atoms with Crippen molar-refractivity contribution in [3.05, 3.63) is 48.2 Å². The van der Waals surface area contributed by atoms with Crippen LogP contribution in [0.1, 0.15) is 18.4 Å². The lowest BCUT2D eigenvalue weighted by atomic mass is 10.1. The summed E-state index contributed by atoms with van der Waals surface area (Å²) < 4.78 is 16.7. The van der Waals surface area contributed by atoms with Crippen molar-refractivity contribution >= 4 is 28.4 Å². The molecule has 0 unspecified atom stereocenters. The highest BCUT2D eigenvalue weighted by Gasteiger charge is 2.24. The molecule has 2 heterocycles. The van der Waals surface area contributed by atoms with E-state index in [0.29, 0.717) is 30.5 Å². The highest BCUT2D eigenvalue weighted by molar-refractivity contribution is 5.83. The second-order valence-electron chi connectivity index (χ2n) is 7.74. The number of hydrogen-bond donors (Lipinski definition) is 1. The number of ether oxygens (including phenoxy) is 3. The maximum Gasteiger partial charge on any atom is 0.248 e. The minimum absolute atomic E-state index is 0.00626. The first-order valence-electron chi connectivity index (χ1n) is 10.7. The molecule has 0 atom stereocenters. The first kappa shape index (κ1) is 22.4. The number of benzene rings is 2. The number of rotatable bonds is 7. The third-order valence-electron chi connectivity index (χ3n) is 5.51. The smallest absolute Gasteiger partial charge is 0.248 e. The van der Waals surface area contributed by atoms with Crippen molar-refractivity contribution < 1.29 is 19.0 Å². The van der Waals surface area contributed by atoms with Gasteiger partial charge in [-0.1, -0.05) is 12.0 Å². The van der Waals surface area contributed by atoms with Crippen LogP contribution in [0.3, 0.4) is 0 Å². The fourth-order valence-electron chi connectivity index (χ4n) is 3.78. The molecule has 0 bridgehead atoms. The van der Waals surface area contributed by atoms with E-state index in [1.807, 2.05) is 41.3 Å². The summed E-state index contributed by atoms with van der Waals surface area (Å²) in [6.07, 6.45) is 8.70. The minimum atomic E-state index is -0.00626. The minimum Gasteiger partial charge on any atom is -0.493 e. The first-order valence-corrected chi connectivity index (χ1v) is 10.7. The second-order valence-corrected chi connectivity index (χ2v) is 7.74. The third kappa shape index (κ3) is 5.33. The third-order valence-corrected chi connectivity index (χ3v) is 5.51. The monoisotopic (exact) mass is 446 g/mol. The maximum atomic E-state index is 12.0. The van der Waals surface area contributed by atoms with Gasteiger partial charge in [-0.3, -0.25) is 4.79 Å². The van der Waals surface area contributed by atoms with E-state index in [1.54, 1.807) is 13.3 Å². The molecule has 1 saturated heterocycles. The van der Waals surface area contributed by atoms with Crippen LogP contribution in [0.5, 0.6) is 11.5 Å². The number of likely N-dealkylation sites (tertiary alicyclic amines) is 1. The van der Waals surface area contributed by atoms with Gasteiger partial charge in [-0.15, -0.1) is 6.42 Å². The molecule has 0 aliphatic carbocycles. The van der Waals surface area contributed by atoms with E-state index < -0.39 is 0 Å². The van der Waals surface area contributed by atoms with Crippen molar-refractivity contribution in [1.29, 1.82) is 0 Å². The highest BCUT2D eigenvalue weighted by atomic mass is 16.5. The van der Waals surface area contributed by atoms with Crippen LogP contribution in [0, 0.1) is 12.3 Å². The lowest BCUT2D eigenvalue weighted by Crippen LogP contribution is -2.43. The van der Waals surface area contributed by atoms with Crippen LogP contribution in [-0.4, -0.2) is 60.8 Å². The van der Waals surface area contributed by atoms with Crippen LogP contribution < -0.4 is 14.8 Å². The summed E-state index contributed by atoms with van der Waals surface area (Å²) >= 11 is 0. The van der Waals surface area contributed by atoms with Gasteiger partial charge in [0.1, 0.15) is 12.7 Å². The zero-order valence-corrected chi connectivity index (χ0v) is 18.7. The lowest BCUT2D eigenvalue weighted by Gasteiger charge is -2.32. The van der Waals surface area contributed by atoms with Gasteiger partial charge in [-0.2, -0.15) is 0 Å². The molecule has 1 fully saturated rings. The number of carbonyl (C=O) groups is 1. The van der Waals surface area contributed by atoms with E-state index in [-0.39, 0.29) is 18.6 Å². The molecule has 170 valence electrons. The summed E-state index contributed by atoms with van der Waals surface area (Å²) in [5, 5.41) is 4.01. The van der Waals surface area contributed by atoms with E-state index in [1.165, 1.54) is 7.11 Å². The molecule has 0 radical (unpaired) electrons. The van der Waals surface area contributed by atoms with Crippen molar-refractivity contribution in [2.45, 2.75) is 18.9 Å². The van der Waals surface area contributed by atoms with Crippen LogP contribution >= 0.6 is 0 Å². The van der Waals surface area contributed by atoms with Crippen molar-refractivity contribution in [1.82, 2.24) is 14.9 Å². The van der Waals surface area contributed by atoms with Crippen LogP contribution in [0.4, 0.5) is 11.6 Å². The number of amides is 1. The SMILES string of the molecule is C#Cc1cccc(Nc2ncc3cc(OC4CCN(C(=O)COC)CC4)c(OC)cc3n2)c1. The number of carbonyl (C=O) groups excluding carboxylic acids is 1. The molecule has 4 rings (SSSR count). The number of fused-ring (bicyclic) bond motifs is 1. The van der Waals surface area contributed by atoms with Gasteiger partial charge < -0.3 is 24.4 Å². The number of anilines is 2. The van der Waals surface area contributed by atoms with Gasteiger partial charge in [0.2, 0.25) is 11.9 Å². The zero-order valence-electron chi connectivity index (χ0n) is 18.7. The molecule has 1 amide bonds. The van der Waals surface area contributed by atoms with Crippen molar-refractivity contribution in [2.24, 2.45) is 0 Å². The Bertz CT molecular complexity index is 1180. The van der Waals surface area contributed by atoms with Gasteiger partial charge in [-0.05, 0) is 24.3 Å². The Kier molecular flexibility index (Phi) is 6.91. The summed E-state index contributed by atoms with van der Waals surface area (Å²) in [5.74, 6) is 4.31. The van der Waals surface area contributed by atoms with Gasteiger partial charge in [0.05, 0.1) is 12.6 Å². The highest BCUT2D eigenvalue weighted by Crippen LogP contribution is 2.34. The lowest BCUT2D eigenvalue weighted by molar-refractivity contribution is -0.136. The summed E-state index contributed by atoms with van der Waals surface area (Å²) in [4.78, 5) is 22.8. The first-order chi connectivity index (χ1) is 16.1. The number of hydrogen-bond acceptors (Lipinski definition) is 7. The molecule has 1 aromatic heterocycles. The normalized spacial score (nSPS) is 14.0. The second kappa shape index (κ2) is 10.2. The van der Waals surface area contributed by atoms with Crippen LogP contribution in [0.25, 0.3) is 10.9 Å². The fraction of sp³-hybridized carbons (Fsp3) is 0.320. The Morgan fingerprint density at radius 3 is 2.76 bits per heavy atom. The van der Waals surface area contributed by atoms with E-state index in [9.17, 15) is 4.79 Å². The molecule has 2 aromatic carbocycles. The summed E-state index contributed by atoms with van der Waals surface area (Å²) in [6, 6.07) is 11.2. The Morgan fingerprint density at radius 1 is 1.21 bits per heavy atom. The number of methoxy groups -OCH3 is 2. The molecule has 0 saturated carbocycles. The molecule has 33 heavy (non-hydrogen) atoms. The van der Waals surface area contributed by atoms with Gasteiger partial charge in [0.25, 0.3) is 0 Å². The maximum absolute atomic E-state index is 12.0. The van der Waals surface area contributed by atoms with E-state index in [4.69, 9.17) is 20.6 Å². The number of terminal acetylenes is 1. The van der Waals surface area contributed by atoms with Crippen molar-refractivity contribution in [2.75, 3.05) is 39.2 Å². The predicted octanol–water partition coefficient (Wildman–Crippen LogP) is 3.38. The number of aromatic nitrogens is 2. The summed E-state index contributed by atoms with van der Waals surface area (Å²) in [5.41, 5.74) is 2.31. The Morgan fingerprint density at radius 2 is 2.03 bits per heavy atom. The predicted molar refractivity (Wildman–Crippen MR) is 126 cm³/mol. The molecule has 8 nitrogen and oxygen atoms in total. The Labute approximate surface area is 192 Å². The van der Waals surface area contributed by atoms with Gasteiger partial charge in [0.15, 0.2) is 11.5 Å². The van der Waals surface area contributed by atoms with Crippen molar-refractivity contribution in [3.63, 3.8) is 0 Å². The standard InChI is InChI=1S/C25H26N4O4/c1-4-17-6-5-7-19(12-17)27-25-26-15-18-13-23(22(32-3)14-21(18)28-25)33-20-8-10-29(11-9-20)24(30)16-31-2/h1,5-7,12-15,20H,8-11,16H2,2-3H3,(H,26,27,28). The van der Waals surface area contributed by atoms with Crippen LogP contribution in [0.15, 0.2) is 42.6 Å². The van der Waals surface area contributed by atoms with E-state index in [0.717, 1.165) is 35.0 Å². The molecule has 8 heteroatoms. The van der Waals surface area contributed by atoms with Gasteiger partial charge >= 0.3 is 0 Å². The van der Waals surface area contributed by atoms with Crippen molar-refractivity contribution in [3.8, 4) is 23.8 Å². The molecule has 1 N–H and O–H groups in total. The Hall–Kier alpha value is -3.83. The average molecular weight is 447 g/mol. The molecular formula is C25H26N4O4. The number of nitrogens with zero attached hydrogens (tertiary/aromatic N) is 3. The summed E-state index contributed by atoms with van der Waals surface area (Å²) in [7, 11) is 3.13. The number of piperidine rings is 1. The average Bonchev–Trinajstić information content (AvgIpc) is 2.84. The fourth-order valence-corrected chi connectivity index (χ4v) is 3.78. The quantitative estimate of drug-likeness (QED) is 0.557. The van der Waals surface area contributed by atoms with Crippen LogP contribution in [-0.2, 0) is 9.53 Å². The molecular weight excluding hydrogens is 420 g/mol. The van der Waals surface area contributed by atoms with Gasteiger partial charge in [0, 0.05) is 61.9 Å². The van der Waals surface area contributed by atoms with Gasteiger partial charge in [-0.25, -0.2) is 9.97 Å². The molecule has 0 spiro atoms. The molecule has 3 aromatic rings. The Balaban J connectivity index is 1.48. The molecule has 1 aliphatic rings. The summed E-state index contributed by atoms with van der Waals surface area (Å²) in [6.45, 7) is 1.39. The zero-order chi connectivity index (χ0) is 23.2. The largest absolute Gasteiger partial charge is 0.493 e. The van der Waals surface area contributed by atoms with Crippen LogP contribution in [0.2, 0.25) is 0 Å². The number of nitrogens with one attached hydrogen (secondary N) is 1.